The highest BCUT2D eigenvalue weighted by atomic mass is 35.5. The minimum absolute atomic E-state index is 0.0796. The molecule has 0 aliphatic rings. The van der Waals surface area contributed by atoms with E-state index in [1.807, 2.05) is 0 Å². The molecule has 0 amide bonds. The summed E-state index contributed by atoms with van der Waals surface area (Å²) in [4.78, 5) is 0. The summed E-state index contributed by atoms with van der Waals surface area (Å²) in [6.45, 7) is 0. The van der Waals surface area contributed by atoms with E-state index in [0.29, 0.717) is 25.1 Å². The minimum atomic E-state index is -4.12. The van der Waals surface area contributed by atoms with Gasteiger partial charge in [-0.15, -0.1) is 11.6 Å². The van der Waals surface area contributed by atoms with Crippen LogP contribution in [0.1, 0.15) is 19.3 Å². The second-order valence-electron chi connectivity index (χ2n) is 1.93. The molecule has 0 fully saturated rings. The summed E-state index contributed by atoms with van der Waals surface area (Å²) in [5.41, 5.74) is 0. The summed E-state index contributed by atoms with van der Waals surface area (Å²) in [5.74, 6) is 0.436. The largest absolute Gasteiger partial charge is 0.392 e. The number of hydrogen-bond acceptors (Lipinski definition) is 0. The second-order valence-corrected chi connectivity index (χ2v) is 2.31. The van der Waals surface area contributed by atoms with Crippen molar-refractivity contribution < 1.29 is 13.2 Å². The summed E-state index contributed by atoms with van der Waals surface area (Å²) in [7, 11) is 0. The summed E-state index contributed by atoms with van der Waals surface area (Å²) in [5, 5.41) is 0. The molecule has 0 aromatic rings. The lowest BCUT2D eigenvalue weighted by atomic mass is 10.2. The lowest BCUT2D eigenvalue weighted by Gasteiger charge is -2.03. The molecule has 0 aromatic carbocycles. The van der Waals surface area contributed by atoms with E-state index in [0.717, 1.165) is 0 Å². The monoisotopic (exact) mass is 173 g/mol. The van der Waals surface area contributed by atoms with Gasteiger partial charge in [-0.2, -0.15) is 13.2 Å². The molecule has 4 heteroatoms. The number of hydrogen-bond donors (Lipinski definition) is 0. The lowest BCUT2D eigenvalue weighted by Crippen LogP contribution is -2.07. The Bertz CT molecular complexity index is 79.6. The van der Waals surface area contributed by atoms with Crippen LogP contribution in [0.25, 0.3) is 0 Å². The van der Waals surface area contributed by atoms with Gasteiger partial charge in [0.15, 0.2) is 0 Å². The molecule has 0 unspecified atom stereocenters. The van der Waals surface area contributed by atoms with Gasteiger partial charge >= 0.3 is 6.18 Å². The first kappa shape index (κ1) is 10.1. The fourth-order valence-electron chi connectivity index (χ4n) is 0.505. The SMILES string of the molecule is FC(F)(F)[CH]CCCCCl. The molecule has 0 saturated carbocycles. The standard InChI is InChI=1S/C6H9ClF3/c7-5-3-1-2-4-6(8,9)10/h4H,1-3,5H2. The van der Waals surface area contributed by atoms with E-state index in [4.69, 9.17) is 11.6 Å². The highest BCUT2D eigenvalue weighted by molar-refractivity contribution is 6.17. The van der Waals surface area contributed by atoms with Crippen molar-refractivity contribution in [3.05, 3.63) is 6.42 Å². The molecule has 0 nitrogen and oxygen atoms in total. The normalized spacial score (nSPS) is 12.0. The maximum atomic E-state index is 11.4. The fraction of sp³-hybridized carbons (Fsp3) is 0.833. The van der Waals surface area contributed by atoms with Crippen molar-refractivity contribution in [1.29, 1.82) is 0 Å². The molecular weight excluding hydrogens is 165 g/mol. The Morgan fingerprint density at radius 3 is 2.20 bits per heavy atom. The van der Waals surface area contributed by atoms with Crippen molar-refractivity contribution in [3.8, 4) is 0 Å². The number of halogens is 4. The maximum Gasteiger partial charge on any atom is 0.392 e. The van der Waals surface area contributed by atoms with Crippen molar-refractivity contribution in [2.75, 3.05) is 5.88 Å². The zero-order valence-corrected chi connectivity index (χ0v) is 6.17. The lowest BCUT2D eigenvalue weighted by molar-refractivity contribution is -0.0983. The van der Waals surface area contributed by atoms with Crippen molar-refractivity contribution in [1.82, 2.24) is 0 Å². The molecule has 0 aliphatic heterocycles. The van der Waals surface area contributed by atoms with Gasteiger partial charge in [0.2, 0.25) is 0 Å². The smallest absolute Gasteiger partial charge is 0.171 e. The second kappa shape index (κ2) is 4.83. The first-order valence-electron chi connectivity index (χ1n) is 3.03. The molecule has 0 spiro atoms. The Labute approximate surface area is 63.4 Å². The van der Waals surface area contributed by atoms with Gasteiger partial charge in [-0.25, -0.2) is 0 Å². The summed E-state index contributed by atoms with van der Waals surface area (Å²) in [6, 6.07) is 0. The average molecular weight is 174 g/mol. The quantitative estimate of drug-likeness (QED) is 0.453. The Balaban J connectivity index is 3.04. The first-order valence-corrected chi connectivity index (χ1v) is 3.57. The summed E-state index contributed by atoms with van der Waals surface area (Å²) < 4.78 is 34.2. The highest BCUT2D eigenvalue weighted by Crippen LogP contribution is 2.21. The zero-order valence-electron chi connectivity index (χ0n) is 5.42. The van der Waals surface area contributed by atoms with Crippen molar-refractivity contribution in [2.45, 2.75) is 25.4 Å². The van der Waals surface area contributed by atoms with Crippen LogP contribution >= 0.6 is 11.6 Å². The summed E-state index contributed by atoms with van der Waals surface area (Å²) in [6.07, 6.45) is -2.51. The Hall–Kier alpha value is 0.0800. The first-order chi connectivity index (χ1) is 4.56. The molecule has 0 saturated heterocycles. The Kier molecular flexibility index (Phi) is 4.87. The van der Waals surface area contributed by atoms with Crippen LogP contribution in [0.4, 0.5) is 13.2 Å². The molecule has 61 valence electrons. The third-order valence-electron chi connectivity index (χ3n) is 0.964. The van der Waals surface area contributed by atoms with Crippen LogP contribution in [0, 0.1) is 6.42 Å². The minimum Gasteiger partial charge on any atom is -0.171 e. The number of unbranched alkanes of at least 4 members (excludes halogenated alkanes) is 2. The van der Waals surface area contributed by atoms with Gasteiger partial charge in [-0.1, -0.05) is 6.42 Å². The van der Waals surface area contributed by atoms with Crippen LogP contribution < -0.4 is 0 Å². The number of rotatable bonds is 4. The van der Waals surface area contributed by atoms with Crippen LogP contribution in [0.15, 0.2) is 0 Å². The molecule has 10 heavy (non-hydrogen) atoms. The Morgan fingerprint density at radius 2 is 1.80 bits per heavy atom. The van der Waals surface area contributed by atoms with Gasteiger partial charge in [-0.3, -0.25) is 0 Å². The van der Waals surface area contributed by atoms with Gasteiger partial charge < -0.3 is 0 Å². The molecule has 0 aliphatic carbocycles. The van der Waals surface area contributed by atoms with Crippen LogP contribution in [0.3, 0.4) is 0 Å². The van der Waals surface area contributed by atoms with Gasteiger partial charge in [0.05, 0.1) is 6.42 Å². The predicted octanol–water partition coefficient (Wildman–Crippen LogP) is 3.16. The van der Waals surface area contributed by atoms with E-state index >= 15 is 0 Å². The van der Waals surface area contributed by atoms with Gasteiger partial charge in [0.1, 0.15) is 0 Å². The fourth-order valence-corrected chi connectivity index (χ4v) is 0.694. The average Bonchev–Trinajstić information content (AvgIpc) is 1.78. The van der Waals surface area contributed by atoms with E-state index in [-0.39, 0.29) is 6.42 Å². The van der Waals surface area contributed by atoms with Crippen molar-refractivity contribution in [2.24, 2.45) is 0 Å². The predicted molar refractivity (Wildman–Crippen MR) is 34.9 cm³/mol. The molecule has 1 radical (unpaired) electrons. The topological polar surface area (TPSA) is 0 Å². The number of alkyl halides is 4. The van der Waals surface area contributed by atoms with E-state index in [2.05, 4.69) is 0 Å². The molecule has 0 bridgehead atoms. The van der Waals surface area contributed by atoms with E-state index in [9.17, 15) is 13.2 Å². The van der Waals surface area contributed by atoms with E-state index in [1.165, 1.54) is 0 Å². The van der Waals surface area contributed by atoms with E-state index < -0.39 is 6.18 Å². The van der Waals surface area contributed by atoms with Crippen LogP contribution in [0.5, 0.6) is 0 Å². The molecule has 0 N–H and O–H groups in total. The zero-order chi connectivity index (χ0) is 8.04. The van der Waals surface area contributed by atoms with Crippen molar-refractivity contribution >= 4 is 11.6 Å². The van der Waals surface area contributed by atoms with E-state index in [1.54, 1.807) is 0 Å². The highest BCUT2D eigenvalue weighted by Gasteiger charge is 2.26. The van der Waals surface area contributed by atoms with Crippen molar-refractivity contribution in [3.63, 3.8) is 0 Å². The summed E-state index contributed by atoms with van der Waals surface area (Å²) >= 11 is 5.26. The van der Waals surface area contributed by atoms with Crippen LogP contribution in [0.2, 0.25) is 0 Å². The molecule has 0 heterocycles. The Morgan fingerprint density at radius 1 is 1.20 bits per heavy atom. The molecular formula is C6H9ClF3. The maximum absolute atomic E-state index is 11.4. The third-order valence-corrected chi connectivity index (χ3v) is 1.23. The molecule has 0 rings (SSSR count). The third kappa shape index (κ3) is 8.08. The van der Waals surface area contributed by atoms with Gasteiger partial charge in [0.25, 0.3) is 0 Å². The van der Waals surface area contributed by atoms with Crippen LogP contribution in [-0.4, -0.2) is 12.1 Å². The van der Waals surface area contributed by atoms with Gasteiger partial charge in [-0.05, 0) is 12.8 Å². The van der Waals surface area contributed by atoms with Crippen LogP contribution in [-0.2, 0) is 0 Å². The molecule has 0 aromatic heterocycles. The molecule has 0 atom stereocenters. The van der Waals surface area contributed by atoms with Gasteiger partial charge in [0, 0.05) is 5.88 Å².